The highest BCUT2D eigenvalue weighted by Crippen LogP contribution is 2.19. The molecule has 0 aromatic heterocycles. The molecule has 2 aromatic carbocycles. The molecule has 4 nitrogen and oxygen atoms in total. The maximum Gasteiger partial charge on any atom is 0.224 e. The summed E-state index contributed by atoms with van der Waals surface area (Å²) in [7, 11) is 0. The van der Waals surface area contributed by atoms with Crippen molar-refractivity contribution in [1.29, 1.82) is 0 Å². The fourth-order valence-electron chi connectivity index (χ4n) is 2.62. The van der Waals surface area contributed by atoms with Crippen molar-refractivity contribution < 1.29 is 9.59 Å². The molecule has 2 N–H and O–H groups in total. The van der Waals surface area contributed by atoms with Gasteiger partial charge in [-0.1, -0.05) is 54.6 Å². The summed E-state index contributed by atoms with van der Waals surface area (Å²) in [6.07, 6.45) is 0.707. The van der Waals surface area contributed by atoms with Crippen LogP contribution in [0.1, 0.15) is 12.0 Å². The quantitative estimate of drug-likeness (QED) is 0.905. The van der Waals surface area contributed by atoms with Gasteiger partial charge in [-0.25, -0.2) is 0 Å². The molecule has 0 saturated carbocycles. The van der Waals surface area contributed by atoms with Gasteiger partial charge in [-0.2, -0.15) is 0 Å². The van der Waals surface area contributed by atoms with Gasteiger partial charge in [-0.05, 0) is 16.7 Å². The van der Waals surface area contributed by atoms with Gasteiger partial charge in [0.1, 0.15) is 0 Å². The van der Waals surface area contributed by atoms with Crippen LogP contribution in [0.5, 0.6) is 0 Å². The minimum absolute atomic E-state index is 0.00230. The molecule has 1 heterocycles. The van der Waals surface area contributed by atoms with E-state index in [0.717, 1.165) is 16.7 Å². The number of carbonyl (C=O) groups is 2. The van der Waals surface area contributed by atoms with Crippen LogP contribution in [0.15, 0.2) is 54.6 Å². The molecule has 1 unspecified atom stereocenters. The summed E-state index contributed by atoms with van der Waals surface area (Å²) in [4.78, 5) is 23.1. The summed E-state index contributed by atoms with van der Waals surface area (Å²) in [5, 5.41) is 5.59. The first kappa shape index (κ1) is 14.3. The molecule has 3 rings (SSSR count). The molecular formula is C18H18N2O2. The molecule has 1 fully saturated rings. The summed E-state index contributed by atoms with van der Waals surface area (Å²) >= 11 is 0. The third-order valence-electron chi connectivity index (χ3n) is 3.77. The molecule has 2 amide bonds. The van der Waals surface area contributed by atoms with E-state index in [0.29, 0.717) is 19.4 Å². The van der Waals surface area contributed by atoms with E-state index in [1.807, 2.05) is 42.5 Å². The van der Waals surface area contributed by atoms with Crippen LogP contribution in [0.2, 0.25) is 0 Å². The molecule has 0 bridgehead atoms. The number of hydrogen-bond donors (Lipinski definition) is 2. The highest BCUT2D eigenvalue weighted by molar-refractivity contribution is 5.83. The molecule has 4 heteroatoms. The van der Waals surface area contributed by atoms with Gasteiger partial charge in [0, 0.05) is 13.0 Å². The molecule has 112 valence electrons. The maximum absolute atomic E-state index is 12.0. The Bertz CT molecular complexity index is 665. The monoisotopic (exact) mass is 294 g/mol. The van der Waals surface area contributed by atoms with Crippen molar-refractivity contribution in [2.75, 3.05) is 6.54 Å². The van der Waals surface area contributed by atoms with Crippen LogP contribution >= 0.6 is 0 Å². The van der Waals surface area contributed by atoms with Crippen molar-refractivity contribution in [3.8, 4) is 11.1 Å². The Morgan fingerprint density at radius 2 is 1.73 bits per heavy atom. The van der Waals surface area contributed by atoms with Crippen LogP contribution in [0, 0.1) is 0 Å². The lowest BCUT2D eigenvalue weighted by Gasteiger charge is -2.10. The molecule has 2 aromatic rings. The minimum atomic E-state index is -0.0800. The maximum atomic E-state index is 12.0. The van der Waals surface area contributed by atoms with E-state index < -0.39 is 0 Å². The lowest BCUT2D eigenvalue weighted by atomic mass is 10.0. The topological polar surface area (TPSA) is 58.2 Å². The first-order valence-electron chi connectivity index (χ1n) is 7.41. The highest BCUT2D eigenvalue weighted by Gasteiger charge is 2.22. The van der Waals surface area contributed by atoms with Gasteiger partial charge in [-0.15, -0.1) is 0 Å². The zero-order valence-corrected chi connectivity index (χ0v) is 12.2. The molecule has 1 aliphatic heterocycles. The lowest BCUT2D eigenvalue weighted by molar-refractivity contribution is -0.121. The zero-order chi connectivity index (χ0) is 15.4. The minimum Gasteiger partial charge on any atom is -0.354 e. The standard InChI is InChI=1S/C18H18N2O2/c21-17-11-16(12-19-17)20-18(22)10-13-6-8-15(9-7-13)14-4-2-1-3-5-14/h1-9,16H,10-12H2,(H,19,21)(H,20,22). The number of amides is 2. The molecular weight excluding hydrogens is 276 g/mol. The van der Waals surface area contributed by atoms with Crippen LogP contribution in [-0.2, 0) is 16.0 Å². The van der Waals surface area contributed by atoms with Crippen LogP contribution < -0.4 is 10.6 Å². The normalized spacial score (nSPS) is 17.1. The Labute approximate surface area is 129 Å². The zero-order valence-electron chi connectivity index (χ0n) is 12.2. The van der Waals surface area contributed by atoms with Gasteiger partial charge in [0.05, 0.1) is 12.5 Å². The SMILES string of the molecule is O=C1CC(NC(=O)Cc2ccc(-c3ccccc3)cc2)CN1. The number of nitrogens with one attached hydrogen (secondary N) is 2. The average Bonchev–Trinajstić information content (AvgIpc) is 2.94. The van der Waals surface area contributed by atoms with Gasteiger partial charge in [-0.3, -0.25) is 9.59 Å². The van der Waals surface area contributed by atoms with Gasteiger partial charge >= 0.3 is 0 Å². The van der Waals surface area contributed by atoms with Crippen molar-refractivity contribution in [2.24, 2.45) is 0 Å². The molecule has 22 heavy (non-hydrogen) atoms. The Morgan fingerprint density at radius 3 is 2.36 bits per heavy atom. The second-order valence-electron chi connectivity index (χ2n) is 5.51. The highest BCUT2D eigenvalue weighted by atomic mass is 16.2. The van der Waals surface area contributed by atoms with Crippen LogP contribution in [-0.4, -0.2) is 24.4 Å². The number of hydrogen-bond acceptors (Lipinski definition) is 2. The lowest BCUT2D eigenvalue weighted by Crippen LogP contribution is -2.37. The Morgan fingerprint density at radius 1 is 1.05 bits per heavy atom. The summed E-state index contributed by atoms with van der Waals surface area (Å²) < 4.78 is 0. The molecule has 0 radical (unpaired) electrons. The summed E-state index contributed by atoms with van der Waals surface area (Å²) in [5.41, 5.74) is 3.26. The van der Waals surface area contributed by atoms with Crippen molar-refractivity contribution in [2.45, 2.75) is 18.9 Å². The predicted octanol–water partition coefficient (Wildman–Crippen LogP) is 1.90. The van der Waals surface area contributed by atoms with Gasteiger partial charge < -0.3 is 10.6 Å². The van der Waals surface area contributed by atoms with E-state index in [-0.39, 0.29) is 17.9 Å². The van der Waals surface area contributed by atoms with E-state index >= 15 is 0 Å². The van der Waals surface area contributed by atoms with E-state index in [1.54, 1.807) is 0 Å². The van der Waals surface area contributed by atoms with Crippen molar-refractivity contribution in [1.82, 2.24) is 10.6 Å². The van der Waals surface area contributed by atoms with Gasteiger partial charge in [0.2, 0.25) is 11.8 Å². The first-order chi connectivity index (χ1) is 10.7. The molecule has 0 spiro atoms. The van der Waals surface area contributed by atoms with Gasteiger partial charge in [0.25, 0.3) is 0 Å². The average molecular weight is 294 g/mol. The van der Waals surface area contributed by atoms with Crippen molar-refractivity contribution in [3.05, 3.63) is 60.2 Å². The first-order valence-corrected chi connectivity index (χ1v) is 7.41. The van der Waals surface area contributed by atoms with Crippen molar-refractivity contribution in [3.63, 3.8) is 0 Å². The Balaban J connectivity index is 1.59. The van der Waals surface area contributed by atoms with E-state index in [1.165, 1.54) is 0 Å². The third kappa shape index (κ3) is 3.52. The second kappa shape index (κ2) is 6.43. The fraction of sp³-hybridized carbons (Fsp3) is 0.222. The molecule has 0 aliphatic carbocycles. The number of benzene rings is 2. The Hall–Kier alpha value is -2.62. The Kier molecular flexibility index (Phi) is 4.19. The molecule has 1 aliphatic rings. The second-order valence-corrected chi connectivity index (χ2v) is 5.51. The van der Waals surface area contributed by atoms with Crippen LogP contribution in [0.25, 0.3) is 11.1 Å². The molecule has 1 saturated heterocycles. The summed E-state index contributed by atoms with van der Waals surface area (Å²) in [6, 6.07) is 18.0. The summed E-state index contributed by atoms with van der Waals surface area (Å²) in [5.74, 6) is -0.0496. The van der Waals surface area contributed by atoms with Crippen molar-refractivity contribution >= 4 is 11.8 Å². The van der Waals surface area contributed by atoms with E-state index in [4.69, 9.17) is 0 Å². The largest absolute Gasteiger partial charge is 0.354 e. The van der Waals surface area contributed by atoms with E-state index in [2.05, 4.69) is 22.8 Å². The number of carbonyl (C=O) groups excluding carboxylic acids is 2. The van der Waals surface area contributed by atoms with Crippen LogP contribution in [0.3, 0.4) is 0 Å². The number of rotatable bonds is 4. The summed E-state index contributed by atoms with van der Waals surface area (Å²) in [6.45, 7) is 0.525. The smallest absolute Gasteiger partial charge is 0.224 e. The third-order valence-corrected chi connectivity index (χ3v) is 3.77. The predicted molar refractivity (Wildman–Crippen MR) is 85.1 cm³/mol. The molecule has 1 atom stereocenters. The van der Waals surface area contributed by atoms with Gasteiger partial charge in [0.15, 0.2) is 0 Å². The van der Waals surface area contributed by atoms with Crippen LogP contribution in [0.4, 0.5) is 0 Å². The van der Waals surface area contributed by atoms with E-state index in [9.17, 15) is 9.59 Å². The fourth-order valence-corrected chi connectivity index (χ4v) is 2.62.